The lowest BCUT2D eigenvalue weighted by molar-refractivity contribution is 0.593. The maximum atomic E-state index is 11.6. The fourth-order valence-electron chi connectivity index (χ4n) is 0.977. The van der Waals surface area contributed by atoms with Crippen molar-refractivity contribution >= 4 is 9.84 Å². The van der Waals surface area contributed by atoms with E-state index in [-0.39, 0.29) is 5.25 Å². The Morgan fingerprint density at radius 1 is 1.42 bits per heavy atom. The number of sulfone groups is 1. The maximum Gasteiger partial charge on any atom is 0.177 e. The SMILES string of the molecule is CC(C)S(=O)(=O)C1=CC=CC[CH]1. The van der Waals surface area contributed by atoms with Crippen molar-refractivity contribution in [3.05, 3.63) is 29.6 Å². The van der Waals surface area contributed by atoms with Crippen LogP contribution in [0.25, 0.3) is 0 Å². The topological polar surface area (TPSA) is 34.1 Å². The predicted octanol–water partition coefficient (Wildman–Crippen LogP) is 1.86. The minimum Gasteiger partial charge on any atom is -0.224 e. The molecule has 1 aliphatic carbocycles. The van der Waals surface area contributed by atoms with Gasteiger partial charge in [0.2, 0.25) is 0 Å². The highest BCUT2D eigenvalue weighted by Gasteiger charge is 2.21. The van der Waals surface area contributed by atoms with Gasteiger partial charge in [-0.05, 0) is 26.3 Å². The van der Waals surface area contributed by atoms with Gasteiger partial charge in [0.25, 0.3) is 0 Å². The summed E-state index contributed by atoms with van der Waals surface area (Å²) in [4.78, 5) is 0.458. The summed E-state index contributed by atoms with van der Waals surface area (Å²) in [7, 11) is -3.05. The number of hydrogen-bond acceptors (Lipinski definition) is 2. The van der Waals surface area contributed by atoms with Crippen LogP contribution in [0.15, 0.2) is 23.1 Å². The first kappa shape index (κ1) is 9.52. The largest absolute Gasteiger partial charge is 0.224 e. The molecule has 67 valence electrons. The predicted molar refractivity (Wildman–Crippen MR) is 50.2 cm³/mol. The average molecular weight is 185 g/mol. The van der Waals surface area contributed by atoms with Gasteiger partial charge in [0, 0.05) is 11.3 Å². The van der Waals surface area contributed by atoms with Gasteiger partial charge in [-0.1, -0.05) is 12.2 Å². The van der Waals surface area contributed by atoms with Gasteiger partial charge in [-0.15, -0.1) is 0 Å². The van der Waals surface area contributed by atoms with Gasteiger partial charge in [0.1, 0.15) is 0 Å². The zero-order valence-electron chi connectivity index (χ0n) is 7.32. The van der Waals surface area contributed by atoms with Crippen molar-refractivity contribution in [1.82, 2.24) is 0 Å². The third-order valence-corrected chi connectivity index (χ3v) is 4.00. The molecule has 0 amide bonds. The molecule has 0 aromatic rings. The Morgan fingerprint density at radius 3 is 2.50 bits per heavy atom. The second-order valence-electron chi connectivity index (χ2n) is 3.03. The van der Waals surface area contributed by atoms with E-state index < -0.39 is 9.84 Å². The zero-order chi connectivity index (χ0) is 9.19. The van der Waals surface area contributed by atoms with Crippen molar-refractivity contribution in [3.8, 4) is 0 Å². The second kappa shape index (κ2) is 3.44. The molecule has 0 bridgehead atoms. The van der Waals surface area contributed by atoms with Gasteiger partial charge < -0.3 is 0 Å². The second-order valence-corrected chi connectivity index (χ2v) is 5.54. The molecule has 1 rings (SSSR count). The van der Waals surface area contributed by atoms with E-state index in [9.17, 15) is 8.42 Å². The minimum atomic E-state index is -3.05. The molecular formula is C9H13O2S. The minimum absolute atomic E-state index is 0.327. The zero-order valence-corrected chi connectivity index (χ0v) is 8.14. The molecule has 0 saturated heterocycles. The Hall–Kier alpha value is -0.570. The third kappa shape index (κ3) is 1.78. The van der Waals surface area contributed by atoms with Crippen LogP contribution in [0.3, 0.4) is 0 Å². The van der Waals surface area contributed by atoms with Crippen LogP contribution in [-0.4, -0.2) is 13.7 Å². The smallest absolute Gasteiger partial charge is 0.177 e. The van der Waals surface area contributed by atoms with Gasteiger partial charge in [0.15, 0.2) is 9.84 Å². The highest BCUT2D eigenvalue weighted by atomic mass is 32.2. The van der Waals surface area contributed by atoms with Crippen molar-refractivity contribution in [2.75, 3.05) is 0 Å². The first-order valence-corrected chi connectivity index (χ1v) is 5.53. The van der Waals surface area contributed by atoms with E-state index in [1.54, 1.807) is 32.4 Å². The van der Waals surface area contributed by atoms with E-state index in [0.717, 1.165) is 6.42 Å². The fraction of sp³-hybridized carbons (Fsp3) is 0.444. The van der Waals surface area contributed by atoms with Gasteiger partial charge in [-0.2, -0.15) is 0 Å². The maximum absolute atomic E-state index is 11.6. The van der Waals surface area contributed by atoms with Gasteiger partial charge >= 0.3 is 0 Å². The van der Waals surface area contributed by atoms with Crippen LogP contribution in [0.4, 0.5) is 0 Å². The van der Waals surface area contributed by atoms with E-state index in [4.69, 9.17) is 0 Å². The van der Waals surface area contributed by atoms with Crippen molar-refractivity contribution in [2.24, 2.45) is 0 Å². The van der Waals surface area contributed by atoms with Crippen LogP contribution in [0.2, 0.25) is 0 Å². The average Bonchev–Trinajstić information content (AvgIpc) is 2.06. The van der Waals surface area contributed by atoms with Crippen LogP contribution < -0.4 is 0 Å². The molecule has 0 unspecified atom stereocenters. The Bertz CT molecular complexity index is 307. The molecule has 0 aromatic heterocycles. The molecule has 0 N–H and O–H groups in total. The fourth-order valence-corrected chi connectivity index (χ4v) is 2.12. The molecule has 12 heavy (non-hydrogen) atoms. The molecule has 0 spiro atoms. The Kier molecular flexibility index (Phi) is 2.73. The van der Waals surface area contributed by atoms with Crippen molar-refractivity contribution in [3.63, 3.8) is 0 Å². The highest BCUT2D eigenvalue weighted by molar-refractivity contribution is 7.95. The van der Waals surface area contributed by atoms with Crippen LogP contribution in [0, 0.1) is 6.42 Å². The quantitative estimate of drug-likeness (QED) is 0.658. The van der Waals surface area contributed by atoms with E-state index in [0.29, 0.717) is 4.91 Å². The first-order chi connectivity index (χ1) is 5.55. The monoisotopic (exact) mass is 185 g/mol. The lowest BCUT2D eigenvalue weighted by atomic mass is 10.2. The molecule has 0 aliphatic heterocycles. The molecule has 0 heterocycles. The van der Waals surface area contributed by atoms with Crippen molar-refractivity contribution in [2.45, 2.75) is 25.5 Å². The van der Waals surface area contributed by atoms with Gasteiger partial charge in [0.05, 0.1) is 5.25 Å². The third-order valence-electron chi connectivity index (χ3n) is 1.80. The number of rotatable bonds is 2. The van der Waals surface area contributed by atoms with E-state index in [2.05, 4.69) is 0 Å². The summed E-state index contributed by atoms with van der Waals surface area (Å²) in [6, 6.07) is 0. The summed E-state index contributed by atoms with van der Waals surface area (Å²) < 4.78 is 23.1. The van der Waals surface area contributed by atoms with Crippen molar-refractivity contribution < 1.29 is 8.42 Å². The van der Waals surface area contributed by atoms with Crippen molar-refractivity contribution in [1.29, 1.82) is 0 Å². The summed E-state index contributed by atoms with van der Waals surface area (Å²) in [6.45, 7) is 3.39. The highest BCUT2D eigenvalue weighted by Crippen LogP contribution is 2.20. The van der Waals surface area contributed by atoms with Crippen LogP contribution in [0.1, 0.15) is 20.3 Å². The van der Waals surface area contributed by atoms with Crippen LogP contribution in [0.5, 0.6) is 0 Å². The lowest BCUT2D eigenvalue weighted by Crippen LogP contribution is -2.16. The normalized spacial score (nSPS) is 18.1. The summed E-state index contributed by atoms with van der Waals surface area (Å²) in [5, 5.41) is -0.327. The van der Waals surface area contributed by atoms with E-state index in [1.165, 1.54) is 0 Å². The van der Waals surface area contributed by atoms with Crippen LogP contribution in [-0.2, 0) is 9.84 Å². The number of hydrogen-bond donors (Lipinski definition) is 0. The molecule has 1 aliphatic rings. The van der Waals surface area contributed by atoms with E-state index in [1.807, 2.05) is 6.08 Å². The lowest BCUT2D eigenvalue weighted by Gasteiger charge is -2.12. The molecule has 0 saturated carbocycles. The standard InChI is InChI=1S/C9H13O2S/c1-8(2)12(10,11)9-6-4-3-5-7-9/h3-4,6-8H,5H2,1-2H3. The molecule has 0 atom stereocenters. The summed E-state index contributed by atoms with van der Waals surface area (Å²) in [6.07, 6.45) is 7.83. The molecule has 3 heteroatoms. The Balaban J connectivity index is 2.97. The molecule has 0 fully saturated rings. The van der Waals surface area contributed by atoms with Crippen LogP contribution >= 0.6 is 0 Å². The Labute approximate surface area is 73.9 Å². The Morgan fingerprint density at radius 2 is 2.08 bits per heavy atom. The summed E-state index contributed by atoms with van der Waals surface area (Å²) >= 11 is 0. The molecule has 1 radical (unpaired) electrons. The molecule has 0 aromatic carbocycles. The van der Waals surface area contributed by atoms with Gasteiger partial charge in [-0.25, -0.2) is 8.42 Å². The molecular weight excluding hydrogens is 172 g/mol. The van der Waals surface area contributed by atoms with Gasteiger partial charge in [-0.3, -0.25) is 0 Å². The summed E-state index contributed by atoms with van der Waals surface area (Å²) in [5.74, 6) is 0. The van der Waals surface area contributed by atoms with E-state index >= 15 is 0 Å². The number of allylic oxidation sites excluding steroid dienone is 4. The summed E-state index contributed by atoms with van der Waals surface area (Å²) in [5.41, 5.74) is 0. The first-order valence-electron chi connectivity index (χ1n) is 3.99. The molecule has 2 nitrogen and oxygen atoms in total.